The summed E-state index contributed by atoms with van der Waals surface area (Å²) < 4.78 is 10.2. The van der Waals surface area contributed by atoms with E-state index in [4.69, 9.17) is 4.74 Å². The number of rotatable bonds is 6. The van der Waals surface area contributed by atoms with E-state index in [2.05, 4.69) is 20.8 Å². The van der Waals surface area contributed by atoms with Gasteiger partial charge in [0.25, 0.3) is 11.5 Å². The summed E-state index contributed by atoms with van der Waals surface area (Å²) in [7, 11) is 1.76. The lowest BCUT2D eigenvalue weighted by molar-refractivity contribution is -0.118. The first kappa shape index (κ1) is 19.1. The van der Waals surface area contributed by atoms with Crippen molar-refractivity contribution in [3.8, 4) is 17.1 Å². The molecule has 2 aromatic heterocycles. The number of nitrogens with zero attached hydrogens (tertiary/aromatic N) is 6. The molecule has 0 saturated heterocycles. The van der Waals surface area contributed by atoms with Crippen molar-refractivity contribution >= 4 is 11.6 Å². The Kier molecular flexibility index (Phi) is 5.12. The van der Waals surface area contributed by atoms with E-state index in [-0.39, 0.29) is 17.9 Å². The maximum Gasteiger partial charge on any atom is 0.295 e. The molecule has 152 valence electrons. The molecule has 30 heavy (non-hydrogen) atoms. The summed E-state index contributed by atoms with van der Waals surface area (Å²) in [5.41, 5.74) is 1.96. The van der Waals surface area contributed by atoms with Gasteiger partial charge in [0, 0.05) is 13.1 Å². The van der Waals surface area contributed by atoms with E-state index >= 15 is 0 Å². The summed E-state index contributed by atoms with van der Waals surface area (Å²) in [5.74, 6) is 0.0402. The highest BCUT2D eigenvalue weighted by atomic mass is 16.5. The van der Waals surface area contributed by atoms with Crippen LogP contribution in [-0.4, -0.2) is 42.1 Å². The van der Waals surface area contributed by atoms with Crippen molar-refractivity contribution in [2.45, 2.75) is 6.92 Å². The molecular formula is C20H19N7O3. The van der Waals surface area contributed by atoms with Crippen LogP contribution in [-0.2, 0) is 11.8 Å². The second-order valence-corrected chi connectivity index (χ2v) is 6.53. The van der Waals surface area contributed by atoms with Gasteiger partial charge in [0.05, 0.1) is 17.1 Å². The number of anilines is 1. The van der Waals surface area contributed by atoms with Crippen LogP contribution < -0.4 is 15.6 Å². The van der Waals surface area contributed by atoms with Crippen molar-refractivity contribution in [1.82, 2.24) is 29.6 Å². The number of benzene rings is 2. The topological polar surface area (TPSA) is 109 Å². The summed E-state index contributed by atoms with van der Waals surface area (Å²) in [5, 5.41) is 13.7. The highest BCUT2D eigenvalue weighted by Gasteiger charge is 2.18. The molecule has 2 aromatic carbocycles. The molecule has 0 bridgehead atoms. The van der Waals surface area contributed by atoms with Crippen molar-refractivity contribution in [2.75, 3.05) is 11.9 Å². The number of ether oxygens (including phenoxy) is 1. The summed E-state index contributed by atoms with van der Waals surface area (Å²) >= 11 is 0. The smallest absolute Gasteiger partial charge is 0.295 e. The molecule has 0 aliphatic heterocycles. The average Bonchev–Trinajstić information content (AvgIpc) is 3.37. The second-order valence-electron chi connectivity index (χ2n) is 6.53. The number of amides is 1. The summed E-state index contributed by atoms with van der Waals surface area (Å²) in [6.07, 6.45) is 1.46. The Labute approximate surface area is 171 Å². The third-order valence-corrected chi connectivity index (χ3v) is 4.62. The second kappa shape index (κ2) is 8.03. The number of para-hydroxylation sites is 1. The predicted molar refractivity (Wildman–Crippen MR) is 109 cm³/mol. The first-order chi connectivity index (χ1) is 14.5. The number of carbonyl (C=O) groups is 1. The van der Waals surface area contributed by atoms with Crippen LogP contribution in [0.2, 0.25) is 0 Å². The minimum atomic E-state index is -0.436. The molecule has 10 nitrogen and oxygen atoms in total. The number of nitrogens with one attached hydrogen (secondary N) is 1. The van der Waals surface area contributed by atoms with Gasteiger partial charge in [-0.2, -0.15) is 0 Å². The number of tetrazole rings is 1. The summed E-state index contributed by atoms with van der Waals surface area (Å²) in [6, 6.07) is 16.2. The molecule has 1 N–H and O–H groups in total. The van der Waals surface area contributed by atoms with Crippen LogP contribution in [0.3, 0.4) is 0 Å². The fourth-order valence-electron chi connectivity index (χ4n) is 3.03. The first-order valence-corrected chi connectivity index (χ1v) is 9.14. The fraction of sp³-hybridized carbons (Fsp3) is 0.150. The third kappa shape index (κ3) is 3.70. The molecule has 2 heterocycles. The van der Waals surface area contributed by atoms with E-state index in [1.54, 1.807) is 36.9 Å². The Morgan fingerprint density at radius 3 is 2.60 bits per heavy atom. The quantitative estimate of drug-likeness (QED) is 0.520. The first-order valence-electron chi connectivity index (χ1n) is 9.14. The summed E-state index contributed by atoms with van der Waals surface area (Å²) in [6.45, 7) is 1.52. The average molecular weight is 405 g/mol. The molecule has 1 amide bonds. The van der Waals surface area contributed by atoms with Gasteiger partial charge in [-0.3, -0.25) is 14.3 Å². The van der Waals surface area contributed by atoms with Crippen LogP contribution in [0.15, 0.2) is 65.7 Å². The van der Waals surface area contributed by atoms with Crippen molar-refractivity contribution in [2.24, 2.45) is 7.05 Å². The van der Waals surface area contributed by atoms with Gasteiger partial charge in [-0.1, -0.05) is 24.3 Å². The van der Waals surface area contributed by atoms with E-state index in [1.807, 2.05) is 36.4 Å². The largest absolute Gasteiger partial charge is 0.484 e. The molecule has 4 aromatic rings. The Morgan fingerprint density at radius 2 is 1.87 bits per heavy atom. The molecule has 10 heteroatoms. The van der Waals surface area contributed by atoms with Crippen LogP contribution >= 0.6 is 0 Å². The number of carbonyl (C=O) groups excluding carboxylic acids is 1. The van der Waals surface area contributed by atoms with Gasteiger partial charge in [0.15, 0.2) is 6.61 Å². The standard InChI is InChI=1S/C20H19N7O3/c1-14-19(20(29)27(25(14)2)15-7-4-3-5-8-15)22-18(28)12-30-17-10-6-9-16(11-17)26-13-21-23-24-26/h3-11,13H,12H2,1-2H3,(H,22,28). The summed E-state index contributed by atoms with van der Waals surface area (Å²) in [4.78, 5) is 25.3. The molecule has 0 radical (unpaired) electrons. The Balaban J connectivity index is 1.48. The molecular weight excluding hydrogens is 386 g/mol. The normalized spacial score (nSPS) is 10.7. The molecule has 0 atom stereocenters. The fourth-order valence-corrected chi connectivity index (χ4v) is 3.03. The lowest BCUT2D eigenvalue weighted by Gasteiger charge is -2.08. The Morgan fingerprint density at radius 1 is 1.10 bits per heavy atom. The van der Waals surface area contributed by atoms with Gasteiger partial charge < -0.3 is 10.1 Å². The minimum absolute atomic E-state index is 0.220. The van der Waals surface area contributed by atoms with Crippen LogP contribution in [0.1, 0.15) is 5.69 Å². The van der Waals surface area contributed by atoms with Crippen LogP contribution in [0, 0.1) is 6.92 Å². The van der Waals surface area contributed by atoms with Gasteiger partial charge in [-0.15, -0.1) is 5.10 Å². The Hall–Kier alpha value is -4.21. The number of hydrogen-bond acceptors (Lipinski definition) is 6. The van der Waals surface area contributed by atoms with Crippen molar-refractivity contribution < 1.29 is 9.53 Å². The van der Waals surface area contributed by atoms with Gasteiger partial charge in [0.2, 0.25) is 0 Å². The minimum Gasteiger partial charge on any atom is -0.484 e. The maximum absolute atomic E-state index is 12.9. The van der Waals surface area contributed by atoms with Gasteiger partial charge >= 0.3 is 0 Å². The third-order valence-electron chi connectivity index (χ3n) is 4.62. The zero-order valence-electron chi connectivity index (χ0n) is 16.4. The molecule has 0 fully saturated rings. The van der Waals surface area contributed by atoms with Crippen LogP contribution in [0.25, 0.3) is 11.4 Å². The molecule has 0 unspecified atom stereocenters. The zero-order chi connectivity index (χ0) is 21.1. The van der Waals surface area contributed by atoms with E-state index in [9.17, 15) is 9.59 Å². The van der Waals surface area contributed by atoms with Gasteiger partial charge in [-0.05, 0) is 41.6 Å². The zero-order valence-corrected chi connectivity index (χ0v) is 16.4. The van der Waals surface area contributed by atoms with Crippen molar-refractivity contribution in [3.05, 3.63) is 77.0 Å². The predicted octanol–water partition coefficient (Wildman–Crippen LogP) is 1.48. The lowest BCUT2D eigenvalue weighted by Crippen LogP contribution is -2.25. The molecule has 0 saturated carbocycles. The van der Waals surface area contributed by atoms with Gasteiger partial charge in [-0.25, -0.2) is 9.36 Å². The van der Waals surface area contributed by atoms with E-state index < -0.39 is 5.91 Å². The monoisotopic (exact) mass is 405 g/mol. The molecule has 0 aliphatic carbocycles. The lowest BCUT2D eigenvalue weighted by atomic mass is 10.3. The van der Waals surface area contributed by atoms with Gasteiger partial charge in [0.1, 0.15) is 17.8 Å². The van der Waals surface area contributed by atoms with Crippen molar-refractivity contribution in [1.29, 1.82) is 0 Å². The number of hydrogen-bond donors (Lipinski definition) is 1. The van der Waals surface area contributed by atoms with E-state index in [1.165, 1.54) is 15.7 Å². The number of aromatic nitrogens is 6. The SMILES string of the molecule is Cc1c(NC(=O)COc2cccc(-n3cnnn3)c2)c(=O)n(-c2ccccc2)n1C. The van der Waals surface area contributed by atoms with Crippen molar-refractivity contribution in [3.63, 3.8) is 0 Å². The van der Waals surface area contributed by atoms with E-state index in [0.29, 0.717) is 22.8 Å². The van der Waals surface area contributed by atoms with Crippen LogP contribution in [0.5, 0.6) is 5.75 Å². The Bertz CT molecular complexity index is 1230. The maximum atomic E-state index is 12.9. The molecule has 0 spiro atoms. The molecule has 0 aliphatic rings. The molecule has 4 rings (SSSR count). The van der Waals surface area contributed by atoms with E-state index in [0.717, 1.165) is 0 Å². The highest BCUT2D eigenvalue weighted by Crippen LogP contribution is 2.17. The highest BCUT2D eigenvalue weighted by molar-refractivity contribution is 5.92. The van der Waals surface area contributed by atoms with Crippen LogP contribution in [0.4, 0.5) is 5.69 Å².